The summed E-state index contributed by atoms with van der Waals surface area (Å²) >= 11 is 0. The molecule has 28 heavy (non-hydrogen) atoms. The molecule has 2 rings (SSSR count). The summed E-state index contributed by atoms with van der Waals surface area (Å²) in [5.41, 5.74) is 2.35. The summed E-state index contributed by atoms with van der Waals surface area (Å²) in [6, 6.07) is 8.43. The van der Waals surface area contributed by atoms with Crippen LogP contribution in [0.3, 0.4) is 0 Å². The Balaban J connectivity index is 2.24. The maximum atomic E-state index is 12.4. The summed E-state index contributed by atoms with van der Waals surface area (Å²) in [5.74, 6) is 0.586. The van der Waals surface area contributed by atoms with Crippen LogP contribution in [0.5, 0.6) is 17.2 Å². The third kappa shape index (κ3) is 4.62. The molecule has 2 aromatic rings. The first kappa shape index (κ1) is 20.8. The molecular formula is C21H23NO6. The minimum absolute atomic E-state index is 0.355. The highest BCUT2D eigenvalue weighted by atomic mass is 16.5. The molecule has 7 nitrogen and oxygen atoms in total. The molecule has 7 heteroatoms. The molecule has 0 aliphatic rings. The Morgan fingerprint density at radius 1 is 0.929 bits per heavy atom. The van der Waals surface area contributed by atoms with Gasteiger partial charge in [0.15, 0.2) is 11.5 Å². The minimum Gasteiger partial charge on any atom is -0.493 e. The first-order valence-corrected chi connectivity index (χ1v) is 8.42. The molecule has 0 radical (unpaired) electrons. The number of benzene rings is 2. The van der Waals surface area contributed by atoms with Crippen molar-refractivity contribution in [3.63, 3.8) is 0 Å². The van der Waals surface area contributed by atoms with Crippen LogP contribution in [0.15, 0.2) is 36.4 Å². The van der Waals surface area contributed by atoms with E-state index in [1.54, 1.807) is 36.4 Å². The van der Waals surface area contributed by atoms with Crippen molar-refractivity contribution in [1.29, 1.82) is 0 Å². The summed E-state index contributed by atoms with van der Waals surface area (Å²) in [7, 11) is 5.86. The lowest BCUT2D eigenvalue weighted by atomic mass is 10.1. The van der Waals surface area contributed by atoms with Crippen molar-refractivity contribution in [2.45, 2.75) is 6.92 Å². The molecule has 0 aliphatic heterocycles. The highest BCUT2D eigenvalue weighted by Crippen LogP contribution is 2.40. The van der Waals surface area contributed by atoms with Crippen LogP contribution in [0, 0.1) is 6.92 Å². The van der Waals surface area contributed by atoms with Gasteiger partial charge in [0.1, 0.15) is 0 Å². The molecular weight excluding hydrogens is 362 g/mol. The molecule has 0 atom stereocenters. The molecule has 148 valence electrons. The predicted octanol–water partition coefficient (Wildman–Crippen LogP) is 3.46. The molecule has 0 unspecified atom stereocenters. The second-order valence-electron chi connectivity index (χ2n) is 5.77. The van der Waals surface area contributed by atoms with E-state index in [1.165, 1.54) is 34.5 Å². The van der Waals surface area contributed by atoms with Gasteiger partial charge in [0, 0.05) is 17.3 Å². The summed E-state index contributed by atoms with van der Waals surface area (Å²) in [4.78, 5) is 24.0. The van der Waals surface area contributed by atoms with Crippen molar-refractivity contribution in [2.75, 3.05) is 33.8 Å². The number of esters is 1. The first-order chi connectivity index (χ1) is 13.4. The highest BCUT2D eigenvalue weighted by molar-refractivity contribution is 6.03. The maximum Gasteiger partial charge on any atom is 0.337 e. The number of nitrogens with one attached hydrogen (secondary N) is 1. The summed E-state index contributed by atoms with van der Waals surface area (Å²) in [6.45, 7) is 1.83. The second kappa shape index (κ2) is 9.45. The molecule has 1 N–H and O–H groups in total. The Morgan fingerprint density at radius 3 is 2.25 bits per heavy atom. The molecule has 0 spiro atoms. The van der Waals surface area contributed by atoms with Crippen LogP contribution in [0.1, 0.15) is 21.5 Å². The number of anilines is 1. The van der Waals surface area contributed by atoms with Gasteiger partial charge in [0.05, 0.1) is 34.0 Å². The second-order valence-corrected chi connectivity index (χ2v) is 5.77. The van der Waals surface area contributed by atoms with Crippen molar-refractivity contribution in [3.8, 4) is 17.2 Å². The van der Waals surface area contributed by atoms with Gasteiger partial charge in [0.25, 0.3) is 0 Å². The third-order valence-corrected chi connectivity index (χ3v) is 4.07. The fourth-order valence-electron chi connectivity index (χ4n) is 2.60. The normalized spacial score (nSPS) is 10.5. The van der Waals surface area contributed by atoms with Crippen LogP contribution in [0.2, 0.25) is 0 Å². The van der Waals surface area contributed by atoms with Gasteiger partial charge in [-0.1, -0.05) is 6.07 Å². The zero-order valence-corrected chi connectivity index (χ0v) is 16.5. The van der Waals surface area contributed by atoms with Gasteiger partial charge in [-0.3, -0.25) is 4.79 Å². The van der Waals surface area contributed by atoms with Gasteiger partial charge in [-0.15, -0.1) is 0 Å². The minimum atomic E-state index is -0.471. The van der Waals surface area contributed by atoms with Crippen molar-refractivity contribution in [3.05, 3.63) is 53.1 Å². The fourth-order valence-corrected chi connectivity index (χ4v) is 2.60. The molecule has 0 aliphatic carbocycles. The number of carbonyl (C=O) groups excluding carboxylic acids is 2. The average Bonchev–Trinajstić information content (AvgIpc) is 2.72. The molecule has 0 heterocycles. The lowest BCUT2D eigenvalue weighted by Gasteiger charge is -2.14. The topological polar surface area (TPSA) is 83.1 Å². The van der Waals surface area contributed by atoms with Crippen LogP contribution < -0.4 is 19.5 Å². The molecule has 0 fully saturated rings. The lowest BCUT2D eigenvalue weighted by Crippen LogP contribution is -2.10. The van der Waals surface area contributed by atoms with E-state index in [-0.39, 0.29) is 5.91 Å². The first-order valence-electron chi connectivity index (χ1n) is 8.42. The molecule has 1 amide bonds. The van der Waals surface area contributed by atoms with Crippen molar-refractivity contribution >= 4 is 23.6 Å². The number of hydrogen-bond donors (Lipinski definition) is 1. The molecule has 0 aromatic heterocycles. The van der Waals surface area contributed by atoms with Crippen LogP contribution in [0.4, 0.5) is 5.69 Å². The number of ether oxygens (including phenoxy) is 4. The number of amides is 1. The Bertz CT molecular complexity index is 904. The van der Waals surface area contributed by atoms with Gasteiger partial charge < -0.3 is 24.3 Å². The van der Waals surface area contributed by atoms with E-state index >= 15 is 0 Å². The number of aryl methyl sites for hydroxylation is 1. The van der Waals surface area contributed by atoms with E-state index in [9.17, 15) is 9.59 Å². The molecule has 0 bridgehead atoms. The maximum absolute atomic E-state index is 12.4. The van der Waals surface area contributed by atoms with Gasteiger partial charge in [-0.25, -0.2) is 4.79 Å². The molecule has 0 saturated carbocycles. The predicted molar refractivity (Wildman–Crippen MR) is 106 cm³/mol. The van der Waals surface area contributed by atoms with E-state index in [2.05, 4.69) is 5.32 Å². The van der Waals surface area contributed by atoms with Crippen LogP contribution >= 0.6 is 0 Å². The Hall–Kier alpha value is -3.48. The summed E-state index contributed by atoms with van der Waals surface area (Å²) < 4.78 is 20.7. The average molecular weight is 385 g/mol. The SMILES string of the molecule is COC(=O)c1ccc(C)c(NC(=O)C=Cc2ccc(OC)c(OC)c2OC)c1. The van der Waals surface area contributed by atoms with Gasteiger partial charge in [-0.2, -0.15) is 0 Å². The van der Waals surface area contributed by atoms with Crippen LogP contribution in [0.25, 0.3) is 6.08 Å². The smallest absolute Gasteiger partial charge is 0.337 e. The standard InChI is InChI=1S/C21H23NO6/c1-13-6-7-15(21(24)28-5)12-16(13)22-18(23)11-9-14-8-10-17(25-2)20(27-4)19(14)26-3/h6-12H,1-5H3,(H,22,23). The largest absolute Gasteiger partial charge is 0.493 e. The number of carbonyl (C=O) groups is 2. The van der Waals surface area contributed by atoms with Crippen molar-refractivity contribution in [1.82, 2.24) is 0 Å². The summed E-state index contributed by atoms with van der Waals surface area (Å²) in [5, 5.41) is 2.76. The quantitative estimate of drug-likeness (QED) is 0.581. The van der Waals surface area contributed by atoms with Gasteiger partial charge >= 0.3 is 5.97 Å². The van der Waals surface area contributed by atoms with E-state index in [0.29, 0.717) is 34.1 Å². The molecule has 2 aromatic carbocycles. The fraction of sp³-hybridized carbons (Fsp3) is 0.238. The summed E-state index contributed by atoms with van der Waals surface area (Å²) in [6.07, 6.45) is 2.98. The zero-order chi connectivity index (χ0) is 20.7. The van der Waals surface area contributed by atoms with E-state index in [0.717, 1.165) is 5.56 Å². The monoisotopic (exact) mass is 385 g/mol. The Labute approximate surface area is 163 Å². The van der Waals surface area contributed by atoms with E-state index in [1.807, 2.05) is 6.92 Å². The molecule has 0 saturated heterocycles. The van der Waals surface area contributed by atoms with Gasteiger partial charge in [-0.05, 0) is 42.8 Å². The van der Waals surface area contributed by atoms with E-state index in [4.69, 9.17) is 18.9 Å². The lowest BCUT2D eigenvalue weighted by molar-refractivity contribution is -0.111. The highest BCUT2D eigenvalue weighted by Gasteiger charge is 2.14. The van der Waals surface area contributed by atoms with Crippen LogP contribution in [-0.4, -0.2) is 40.3 Å². The third-order valence-electron chi connectivity index (χ3n) is 4.07. The number of hydrogen-bond acceptors (Lipinski definition) is 6. The van der Waals surface area contributed by atoms with Crippen molar-refractivity contribution in [2.24, 2.45) is 0 Å². The number of rotatable bonds is 7. The van der Waals surface area contributed by atoms with Gasteiger partial charge in [0.2, 0.25) is 11.7 Å². The Kier molecular flexibility index (Phi) is 7.03. The Morgan fingerprint density at radius 2 is 1.64 bits per heavy atom. The van der Waals surface area contributed by atoms with Crippen LogP contribution in [-0.2, 0) is 9.53 Å². The van der Waals surface area contributed by atoms with Crippen molar-refractivity contribution < 1.29 is 28.5 Å². The van der Waals surface area contributed by atoms with E-state index < -0.39 is 5.97 Å². The number of methoxy groups -OCH3 is 4. The zero-order valence-electron chi connectivity index (χ0n) is 16.5.